The average molecular weight is 315 g/mol. The first-order valence-electron chi connectivity index (χ1n) is 8.74. The summed E-state index contributed by atoms with van der Waals surface area (Å²) < 4.78 is 5.17. The van der Waals surface area contributed by atoms with E-state index in [2.05, 4.69) is 28.9 Å². The molecule has 21 heavy (non-hydrogen) atoms. The van der Waals surface area contributed by atoms with Crippen LogP contribution in [0.25, 0.3) is 0 Å². The van der Waals surface area contributed by atoms with Crippen molar-refractivity contribution >= 4 is 11.8 Å². The van der Waals surface area contributed by atoms with Gasteiger partial charge in [-0.05, 0) is 42.9 Å². The van der Waals surface area contributed by atoms with E-state index in [9.17, 15) is 0 Å². The fraction of sp³-hybridized carbons (Fsp3) is 1.00. The molecule has 2 rings (SSSR count). The molecule has 0 atom stereocenters. The monoisotopic (exact) mass is 314 g/mol. The smallest absolute Gasteiger partial charge is 0.0587 e. The topological polar surface area (TPSA) is 24.5 Å². The molecule has 0 amide bonds. The standard InChI is InChI=1S/C17H34N2OS/c1-16-4-6-17(7-5-16,14-18-8-11-20-2)15-19-9-3-12-21-13-10-19/h16,18H,3-15H2,1-2H3. The lowest BCUT2D eigenvalue weighted by atomic mass is 9.70. The van der Waals surface area contributed by atoms with Crippen LogP contribution in [0, 0.1) is 11.3 Å². The van der Waals surface area contributed by atoms with Gasteiger partial charge in [0.15, 0.2) is 0 Å². The molecule has 1 aliphatic carbocycles. The van der Waals surface area contributed by atoms with E-state index in [1.165, 1.54) is 69.8 Å². The molecular weight excluding hydrogens is 280 g/mol. The summed E-state index contributed by atoms with van der Waals surface area (Å²) in [4.78, 5) is 2.74. The van der Waals surface area contributed by atoms with Gasteiger partial charge >= 0.3 is 0 Å². The Morgan fingerprint density at radius 1 is 1.24 bits per heavy atom. The van der Waals surface area contributed by atoms with Crippen molar-refractivity contribution in [3.8, 4) is 0 Å². The molecule has 0 spiro atoms. The number of hydrogen-bond acceptors (Lipinski definition) is 4. The second-order valence-corrected chi connectivity index (χ2v) is 8.32. The summed E-state index contributed by atoms with van der Waals surface area (Å²) >= 11 is 2.13. The van der Waals surface area contributed by atoms with Crippen molar-refractivity contribution in [2.75, 3.05) is 57.9 Å². The van der Waals surface area contributed by atoms with E-state index in [0.29, 0.717) is 5.41 Å². The number of nitrogens with one attached hydrogen (secondary N) is 1. The summed E-state index contributed by atoms with van der Waals surface area (Å²) in [6.07, 6.45) is 6.99. The predicted molar refractivity (Wildman–Crippen MR) is 93.2 cm³/mol. The van der Waals surface area contributed by atoms with Gasteiger partial charge in [-0.3, -0.25) is 0 Å². The van der Waals surface area contributed by atoms with Gasteiger partial charge in [-0.15, -0.1) is 0 Å². The van der Waals surface area contributed by atoms with Gasteiger partial charge in [0.2, 0.25) is 0 Å². The highest BCUT2D eigenvalue weighted by Gasteiger charge is 2.35. The van der Waals surface area contributed by atoms with Crippen LogP contribution in [0.2, 0.25) is 0 Å². The van der Waals surface area contributed by atoms with E-state index in [-0.39, 0.29) is 0 Å². The third-order valence-corrected chi connectivity index (χ3v) is 6.24. The van der Waals surface area contributed by atoms with Crippen LogP contribution in [0.5, 0.6) is 0 Å². The predicted octanol–water partition coefficient (Wildman–Crippen LogP) is 2.86. The summed E-state index contributed by atoms with van der Waals surface area (Å²) in [6.45, 7) is 9.32. The van der Waals surface area contributed by atoms with E-state index < -0.39 is 0 Å². The molecular formula is C17H34N2OS. The van der Waals surface area contributed by atoms with Gasteiger partial charge < -0.3 is 15.0 Å². The van der Waals surface area contributed by atoms with E-state index in [4.69, 9.17) is 4.74 Å². The molecule has 0 radical (unpaired) electrons. The Morgan fingerprint density at radius 3 is 2.81 bits per heavy atom. The summed E-state index contributed by atoms with van der Waals surface area (Å²) in [6, 6.07) is 0. The summed E-state index contributed by atoms with van der Waals surface area (Å²) in [7, 11) is 1.79. The van der Waals surface area contributed by atoms with Crippen molar-refractivity contribution in [3.63, 3.8) is 0 Å². The quantitative estimate of drug-likeness (QED) is 0.730. The Morgan fingerprint density at radius 2 is 2.05 bits per heavy atom. The van der Waals surface area contributed by atoms with E-state index in [1.54, 1.807) is 7.11 Å². The van der Waals surface area contributed by atoms with Gasteiger partial charge in [0.1, 0.15) is 0 Å². The lowest BCUT2D eigenvalue weighted by Crippen LogP contribution is -2.47. The number of hydrogen-bond donors (Lipinski definition) is 1. The molecule has 0 aromatic heterocycles. The lowest BCUT2D eigenvalue weighted by Gasteiger charge is -2.43. The molecule has 0 bridgehead atoms. The minimum atomic E-state index is 0.509. The normalized spacial score (nSPS) is 32.0. The number of ether oxygens (including phenoxy) is 1. The van der Waals surface area contributed by atoms with Gasteiger partial charge in [0, 0.05) is 39.0 Å². The number of methoxy groups -OCH3 is 1. The van der Waals surface area contributed by atoms with Crippen molar-refractivity contribution in [3.05, 3.63) is 0 Å². The maximum Gasteiger partial charge on any atom is 0.0587 e. The van der Waals surface area contributed by atoms with E-state index in [1.807, 2.05) is 0 Å². The van der Waals surface area contributed by atoms with Crippen molar-refractivity contribution in [2.24, 2.45) is 11.3 Å². The Balaban J connectivity index is 1.87. The molecule has 0 aromatic carbocycles. The van der Waals surface area contributed by atoms with Gasteiger partial charge in [-0.2, -0.15) is 11.8 Å². The van der Waals surface area contributed by atoms with Crippen LogP contribution < -0.4 is 5.32 Å². The number of rotatable bonds is 7. The molecule has 1 saturated heterocycles. The highest BCUT2D eigenvalue weighted by molar-refractivity contribution is 7.99. The first-order chi connectivity index (χ1) is 10.2. The fourth-order valence-corrected chi connectivity index (χ4v) is 4.65. The minimum absolute atomic E-state index is 0.509. The molecule has 1 heterocycles. The zero-order chi connectivity index (χ0) is 15.0. The molecule has 0 unspecified atom stereocenters. The zero-order valence-corrected chi connectivity index (χ0v) is 14.8. The first kappa shape index (κ1) is 17.6. The van der Waals surface area contributed by atoms with Gasteiger partial charge in [0.05, 0.1) is 6.61 Å². The van der Waals surface area contributed by atoms with Gasteiger partial charge in [0.25, 0.3) is 0 Å². The van der Waals surface area contributed by atoms with E-state index in [0.717, 1.165) is 19.1 Å². The largest absolute Gasteiger partial charge is 0.383 e. The third-order valence-electron chi connectivity index (χ3n) is 5.19. The Bertz CT molecular complexity index is 272. The summed E-state index contributed by atoms with van der Waals surface area (Å²) in [5.74, 6) is 3.60. The first-order valence-corrected chi connectivity index (χ1v) is 9.89. The van der Waals surface area contributed by atoms with Crippen molar-refractivity contribution < 1.29 is 4.74 Å². The Labute approximate surface area is 135 Å². The molecule has 124 valence electrons. The maximum atomic E-state index is 5.17. The van der Waals surface area contributed by atoms with Crippen LogP contribution in [-0.4, -0.2) is 62.8 Å². The van der Waals surface area contributed by atoms with Crippen LogP contribution in [0.15, 0.2) is 0 Å². The van der Waals surface area contributed by atoms with Crippen molar-refractivity contribution in [2.45, 2.75) is 39.0 Å². The fourth-order valence-electron chi connectivity index (χ4n) is 3.72. The van der Waals surface area contributed by atoms with Crippen LogP contribution in [0.4, 0.5) is 0 Å². The lowest BCUT2D eigenvalue weighted by molar-refractivity contribution is 0.0874. The maximum absolute atomic E-state index is 5.17. The Kier molecular flexibility index (Phi) is 7.86. The molecule has 0 aromatic rings. The van der Waals surface area contributed by atoms with Crippen LogP contribution in [-0.2, 0) is 4.74 Å². The van der Waals surface area contributed by atoms with E-state index >= 15 is 0 Å². The minimum Gasteiger partial charge on any atom is -0.383 e. The summed E-state index contributed by atoms with van der Waals surface area (Å²) in [5.41, 5.74) is 0.509. The second kappa shape index (κ2) is 9.39. The van der Waals surface area contributed by atoms with Crippen LogP contribution >= 0.6 is 11.8 Å². The van der Waals surface area contributed by atoms with Gasteiger partial charge in [-0.25, -0.2) is 0 Å². The van der Waals surface area contributed by atoms with Crippen molar-refractivity contribution in [1.82, 2.24) is 10.2 Å². The molecule has 1 aliphatic heterocycles. The van der Waals surface area contributed by atoms with Gasteiger partial charge in [-0.1, -0.05) is 19.8 Å². The van der Waals surface area contributed by atoms with Crippen LogP contribution in [0.1, 0.15) is 39.0 Å². The second-order valence-electron chi connectivity index (χ2n) is 7.09. The van der Waals surface area contributed by atoms with Crippen LogP contribution in [0.3, 0.4) is 0 Å². The SMILES string of the molecule is COCCNCC1(CN2CCCSCC2)CCC(C)CC1. The Hall–Kier alpha value is 0.230. The number of nitrogens with zero attached hydrogens (tertiary/aromatic N) is 1. The molecule has 1 saturated carbocycles. The average Bonchev–Trinajstić information content (AvgIpc) is 2.75. The molecule has 2 aliphatic rings. The molecule has 3 nitrogen and oxygen atoms in total. The third kappa shape index (κ3) is 6.09. The highest BCUT2D eigenvalue weighted by atomic mass is 32.2. The molecule has 1 N–H and O–H groups in total. The number of thioether (sulfide) groups is 1. The summed E-state index contributed by atoms with van der Waals surface area (Å²) in [5, 5.41) is 3.66. The molecule has 2 fully saturated rings. The highest BCUT2D eigenvalue weighted by Crippen LogP contribution is 2.39. The molecule has 4 heteroatoms. The van der Waals surface area contributed by atoms with Crippen molar-refractivity contribution in [1.29, 1.82) is 0 Å². The zero-order valence-electron chi connectivity index (χ0n) is 14.0.